The first-order valence-corrected chi connectivity index (χ1v) is 6.31. The second kappa shape index (κ2) is 4.03. The van der Waals surface area contributed by atoms with Gasteiger partial charge in [0.05, 0.1) is 11.0 Å². The van der Waals surface area contributed by atoms with Crippen LogP contribution >= 0.6 is 22.6 Å². The van der Waals surface area contributed by atoms with Gasteiger partial charge in [0.15, 0.2) is 0 Å². The van der Waals surface area contributed by atoms with Crippen LogP contribution in [0.25, 0.3) is 22.4 Å². The summed E-state index contributed by atoms with van der Waals surface area (Å²) in [6.45, 7) is 0. The van der Waals surface area contributed by atoms with Crippen LogP contribution in [0.5, 0.6) is 0 Å². The highest BCUT2D eigenvalue weighted by Gasteiger charge is 2.05. The highest BCUT2D eigenvalue weighted by molar-refractivity contribution is 14.1. The molecule has 0 aliphatic heterocycles. The normalized spacial score (nSPS) is 10.9. The predicted octanol–water partition coefficient (Wildman–Crippen LogP) is 3.42. The molecule has 0 atom stereocenters. The third-order valence-corrected chi connectivity index (χ3v) is 3.27. The fourth-order valence-electron chi connectivity index (χ4n) is 1.80. The van der Waals surface area contributed by atoms with Gasteiger partial charge in [-0.3, -0.25) is 0 Å². The van der Waals surface area contributed by atoms with Crippen LogP contribution in [-0.4, -0.2) is 9.97 Å². The van der Waals surface area contributed by atoms with E-state index >= 15 is 0 Å². The van der Waals surface area contributed by atoms with E-state index in [0.717, 1.165) is 28.1 Å². The Morgan fingerprint density at radius 2 is 2.00 bits per heavy atom. The predicted molar refractivity (Wildman–Crippen MR) is 78.7 cm³/mol. The molecule has 0 spiro atoms. The van der Waals surface area contributed by atoms with E-state index in [1.54, 1.807) is 0 Å². The van der Waals surface area contributed by atoms with Crippen molar-refractivity contribution >= 4 is 39.3 Å². The summed E-state index contributed by atoms with van der Waals surface area (Å²) in [6, 6.07) is 13.9. The van der Waals surface area contributed by atoms with E-state index in [4.69, 9.17) is 5.73 Å². The first kappa shape index (κ1) is 10.6. The summed E-state index contributed by atoms with van der Waals surface area (Å²) in [5, 5.41) is 0. The van der Waals surface area contributed by atoms with Gasteiger partial charge in [0.2, 0.25) is 0 Å². The molecule has 0 saturated carbocycles. The van der Waals surface area contributed by atoms with Gasteiger partial charge in [0.25, 0.3) is 0 Å². The van der Waals surface area contributed by atoms with Crippen LogP contribution in [0, 0.1) is 3.57 Å². The lowest BCUT2D eigenvalue weighted by Gasteiger charge is -1.96. The van der Waals surface area contributed by atoms with E-state index in [1.807, 2.05) is 30.3 Å². The van der Waals surface area contributed by atoms with E-state index in [9.17, 15) is 0 Å². The van der Waals surface area contributed by atoms with E-state index in [2.05, 4.69) is 44.7 Å². The number of nitrogens with zero attached hydrogens (tertiary/aromatic N) is 1. The molecular weight excluding hydrogens is 325 g/mol. The lowest BCUT2D eigenvalue weighted by Crippen LogP contribution is -1.82. The van der Waals surface area contributed by atoms with Gasteiger partial charge in [-0.2, -0.15) is 0 Å². The highest BCUT2D eigenvalue weighted by Crippen LogP contribution is 2.23. The maximum absolute atomic E-state index is 5.75. The average Bonchev–Trinajstić information content (AvgIpc) is 2.72. The van der Waals surface area contributed by atoms with Crippen molar-refractivity contribution in [3.8, 4) is 11.4 Å². The van der Waals surface area contributed by atoms with Gasteiger partial charge in [-0.1, -0.05) is 12.1 Å². The third-order valence-electron chi connectivity index (χ3n) is 2.60. The van der Waals surface area contributed by atoms with Crippen LogP contribution in [0.2, 0.25) is 0 Å². The Bertz CT molecular complexity index is 688. The van der Waals surface area contributed by atoms with Crippen molar-refractivity contribution in [2.75, 3.05) is 5.73 Å². The number of nitrogens with two attached hydrogens (primary N) is 1. The van der Waals surface area contributed by atoms with E-state index in [1.165, 1.54) is 3.57 Å². The van der Waals surface area contributed by atoms with Gasteiger partial charge >= 0.3 is 0 Å². The van der Waals surface area contributed by atoms with Crippen molar-refractivity contribution in [3.63, 3.8) is 0 Å². The highest BCUT2D eigenvalue weighted by atomic mass is 127. The van der Waals surface area contributed by atoms with Gasteiger partial charge in [0.1, 0.15) is 5.82 Å². The van der Waals surface area contributed by atoms with Gasteiger partial charge in [-0.25, -0.2) is 4.98 Å². The Hall–Kier alpha value is -1.56. The molecule has 0 radical (unpaired) electrons. The number of H-pyrrole nitrogens is 1. The molecule has 0 aliphatic rings. The molecular formula is C13H10IN3. The monoisotopic (exact) mass is 335 g/mol. The van der Waals surface area contributed by atoms with E-state index in [-0.39, 0.29) is 0 Å². The van der Waals surface area contributed by atoms with Crippen molar-refractivity contribution in [1.29, 1.82) is 0 Å². The number of aromatic nitrogens is 2. The maximum atomic E-state index is 5.75. The Balaban J connectivity index is 2.18. The molecule has 3 nitrogen and oxygen atoms in total. The minimum absolute atomic E-state index is 0.746. The molecule has 0 amide bonds. The largest absolute Gasteiger partial charge is 0.399 e. The molecule has 2 aromatic carbocycles. The molecule has 17 heavy (non-hydrogen) atoms. The summed E-state index contributed by atoms with van der Waals surface area (Å²) in [7, 11) is 0. The Labute approximate surface area is 112 Å². The van der Waals surface area contributed by atoms with Crippen LogP contribution in [0.1, 0.15) is 0 Å². The number of hydrogen-bond donors (Lipinski definition) is 2. The second-order valence-electron chi connectivity index (χ2n) is 3.87. The number of imidazole rings is 1. The molecule has 1 heterocycles. The number of nitrogens with one attached hydrogen (secondary N) is 1. The van der Waals surface area contributed by atoms with Crippen LogP contribution in [0.15, 0.2) is 42.5 Å². The molecule has 84 valence electrons. The standard InChI is InChI=1S/C13H10IN3/c14-9-3-1-2-8(6-9)13-16-11-5-4-10(15)7-12(11)17-13/h1-7H,15H2,(H,16,17). The molecule has 0 unspecified atom stereocenters. The van der Waals surface area contributed by atoms with Crippen molar-refractivity contribution in [3.05, 3.63) is 46.0 Å². The van der Waals surface area contributed by atoms with Gasteiger partial charge < -0.3 is 10.7 Å². The molecule has 0 fully saturated rings. The maximum Gasteiger partial charge on any atom is 0.138 e. The summed E-state index contributed by atoms with van der Waals surface area (Å²) in [6.07, 6.45) is 0. The lowest BCUT2D eigenvalue weighted by molar-refractivity contribution is 1.33. The van der Waals surface area contributed by atoms with Crippen LogP contribution in [0.4, 0.5) is 5.69 Å². The molecule has 3 aromatic rings. The molecule has 0 bridgehead atoms. The molecule has 3 N–H and O–H groups in total. The van der Waals surface area contributed by atoms with Crippen molar-refractivity contribution in [2.24, 2.45) is 0 Å². The van der Waals surface area contributed by atoms with E-state index < -0.39 is 0 Å². The Morgan fingerprint density at radius 3 is 2.82 bits per heavy atom. The second-order valence-corrected chi connectivity index (χ2v) is 5.12. The first-order valence-electron chi connectivity index (χ1n) is 5.23. The van der Waals surface area contributed by atoms with Crippen LogP contribution in [0.3, 0.4) is 0 Å². The molecule has 4 heteroatoms. The van der Waals surface area contributed by atoms with Crippen molar-refractivity contribution in [1.82, 2.24) is 9.97 Å². The number of aromatic amines is 1. The number of anilines is 1. The number of nitrogen functional groups attached to an aromatic ring is 1. The number of benzene rings is 2. The zero-order valence-corrected chi connectivity index (χ0v) is 11.1. The summed E-state index contributed by atoms with van der Waals surface area (Å²) < 4.78 is 1.19. The topological polar surface area (TPSA) is 54.7 Å². The zero-order valence-electron chi connectivity index (χ0n) is 8.94. The lowest BCUT2D eigenvalue weighted by atomic mass is 10.2. The van der Waals surface area contributed by atoms with Crippen molar-refractivity contribution < 1.29 is 0 Å². The SMILES string of the molecule is Nc1ccc2nc(-c3cccc(I)c3)[nH]c2c1. The smallest absolute Gasteiger partial charge is 0.138 e. The van der Waals surface area contributed by atoms with Gasteiger partial charge in [-0.05, 0) is 52.9 Å². The zero-order chi connectivity index (χ0) is 11.8. The van der Waals surface area contributed by atoms with Crippen LogP contribution in [-0.2, 0) is 0 Å². The Kier molecular flexibility index (Phi) is 2.51. The van der Waals surface area contributed by atoms with Crippen LogP contribution < -0.4 is 5.73 Å². The quantitative estimate of drug-likeness (QED) is 0.529. The minimum Gasteiger partial charge on any atom is -0.399 e. The number of halogens is 1. The average molecular weight is 335 g/mol. The Morgan fingerprint density at radius 1 is 1.12 bits per heavy atom. The summed E-state index contributed by atoms with van der Waals surface area (Å²) in [5.74, 6) is 0.879. The molecule has 0 saturated heterocycles. The summed E-state index contributed by atoms with van der Waals surface area (Å²) in [4.78, 5) is 7.84. The van der Waals surface area contributed by atoms with E-state index in [0.29, 0.717) is 0 Å². The first-order chi connectivity index (χ1) is 8.22. The van der Waals surface area contributed by atoms with Gasteiger partial charge in [0, 0.05) is 14.8 Å². The molecule has 0 aliphatic carbocycles. The minimum atomic E-state index is 0.746. The molecule has 3 rings (SSSR count). The number of hydrogen-bond acceptors (Lipinski definition) is 2. The number of rotatable bonds is 1. The van der Waals surface area contributed by atoms with Gasteiger partial charge in [-0.15, -0.1) is 0 Å². The molecule has 1 aromatic heterocycles. The fraction of sp³-hybridized carbons (Fsp3) is 0. The number of fused-ring (bicyclic) bond motifs is 1. The third kappa shape index (κ3) is 2.00. The summed E-state index contributed by atoms with van der Waals surface area (Å²) in [5.41, 5.74) is 9.49. The van der Waals surface area contributed by atoms with Crippen molar-refractivity contribution in [2.45, 2.75) is 0 Å². The fourth-order valence-corrected chi connectivity index (χ4v) is 2.34. The summed E-state index contributed by atoms with van der Waals surface area (Å²) >= 11 is 2.29.